The van der Waals surface area contributed by atoms with E-state index >= 15 is 0 Å². The van der Waals surface area contributed by atoms with Crippen LogP contribution in [0.2, 0.25) is 5.02 Å². The highest BCUT2D eigenvalue weighted by molar-refractivity contribution is 6.32. The number of amides is 1. The zero-order valence-electron chi connectivity index (χ0n) is 14.9. The average molecular weight is 365 g/mol. The molecule has 1 N–H and O–H groups in total. The first-order chi connectivity index (χ1) is 12.3. The molecule has 0 spiro atoms. The zero-order chi connectivity index (χ0) is 17.7. The Morgan fingerprint density at radius 2 is 1.52 bits per heavy atom. The normalized spacial score (nSPS) is 17.1. The smallest absolute Gasteiger partial charge is 0.277 e. The number of halogens is 1. The third-order valence-electron chi connectivity index (χ3n) is 4.46. The summed E-state index contributed by atoms with van der Waals surface area (Å²) in [6, 6.07) is 7.13. The molecule has 1 saturated carbocycles. The molecule has 0 aliphatic heterocycles. The van der Waals surface area contributed by atoms with Crippen molar-refractivity contribution >= 4 is 23.2 Å². The van der Waals surface area contributed by atoms with E-state index in [0.29, 0.717) is 10.8 Å². The van der Waals surface area contributed by atoms with Gasteiger partial charge in [0.1, 0.15) is 5.75 Å². The second kappa shape index (κ2) is 11.9. The van der Waals surface area contributed by atoms with E-state index in [1.54, 1.807) is 12.1 Å². The Kier molecular flexibility index (Phi) is 9.42. The van der Waals surface area contributed by atoms with Crippen LogP contribution >= 0.6 is 11.6 Å². The standard InChI is InChI=1S/C20H29ClN2O2/c21-18-14-10-11-15-19(18)25-16-20(24)23-22-17-12-8-6-4-2-1-3-5-7-9-13-17/h10-11,14-15H,1-9,12-13,16H2,(H,23,24). The van der Waals surface area contributed by atoms with Crippen LogP contribution in [0.25, 0.3) is 0 Å². The summed E-state index contributed by atoms with van der Waals surface area (Å²) in [5.41, 5.74) is 3.74. The second-order valence-corrected chi connectivity index (χ2v) is 7.02. The van der Waals surface area contributed by atoms with Crippen LogP contribution in [0.15, 0.2) is 29.4 Å². The van der Waals surface area contributed by atoms with E-state index in [0.717, 1.165) is 31.4 Å². The summed E-state index contributed by atoms with van der Waals surface area (Å²) < 4.78 is 5.44. The van der Waals surface area contributed by atoms with Gasteiger partial charge in [0.2, 0.25) is 0 Å². The third kappa shape index (κ3) is 8.39. The quantitative estimate of drug-likeness (QED) is 0.717. The minimum absolute atomic E-state index is 0.0828. The lowest BCUT2D eigenvalue weighted by atomic mass is 10.00. The molecular formula is C20H29ClN2O2. The number of hydrazone groups is 1. The Balaban J connectivity index is 1.77. The molecule has 0 bridgehead atoms. The van der Waals surface area contributed by atoms with Crippen molar-refractivity contribution in [2.75, 3.05) is 6.61 Å². The predicted molar refractivity (Wildman–Crippen MR) is 103 cm³/mol. The minimum atomic E-state index is -0.251. The topological polar surface area (TPSA) is 50.7 Å². The van der Waals surface area contributed by atoms with Gasteiger partial charge in [0.25, 0.3) is 5.91 Å². The van der Waals surface area contributed by atoms with E-state index in [1.165, 1.54) is 44.9 Å². The van der Waals surface area contributed by atoms with Crippen molar-refractivity contribution in [2.45, 2.75) is 70.6 Å². The van der Waals surface area contributed by atoms with Gasteiger partial charge in [0.15, 0.2) is 6.61 Å². The fourth-order valence-electron chi connectivity index (χ4n) is 3.01. The van der Waals surface area contributed by atoms with Gasteiger partial charge in [-0.1, -0.05) is 68.7 Å². The van der Waals surface area contributed by atoms with E-state index in [-0.39, 0.29) is 12.5 Å². The van der Waals surface area contributed by atoms with Gasteiger partial charge in [-0.3, -0.25) is 4.79 Å². The molecule has 0 saturated heterocycles. The van der Waals surface area contributed by atoms with Crippen LogP contribution in [-0.4, -0.2) is 18.2 Å². The van der Waals surface area contributed by atoms with Crippen LogP contribution in [0, 0.1) is 0 Å². The number of nitrogens with one attached hydrogen (secondary N) is 1. The van der Waals surface area contributed by atoms with E-state index < -0.39 is 0 Å². The van der Waals surface area contributed by atoms with Crippen LogP contribution in [0.1, 0.15) is 70.6 Å². The SMILES string of the molecule is O=C(COc1ccccc1Cl)NN=C1CCCCCCCCCCC1. The number of hydrogen-bond donors (Lipinski definition) is 1. The molecule has 0 radical (unpaired) electrons. The number of para-hydroxylation sites is 1. The third-order valence-corrected chi connectivity index (χ3v) is 4.78. The van der Waals surface area contributed by atoms with Crippen molar-refractivity contribution in [1.29, 1.82) is 0 Å². The molecule has 1 aliphatic rings. The molecule has 0 aromatic heterocycles. The van der Waals surface area contributed by atoms with Crippen molar-refractivity contribution in [3.63, 3.8) is 0 Å². The number of carbonyl (C=O) groups excluding carboxylic acids is 1. The van der Waals surface area contributed by atoms with Crippen LogP contribution in [0.3, 0.4) is 0 Å². The first kappa shape index (κ1) is 19.8. The molecule has 0 heterocycles. The zero-order valence-corrected chi connectivity index (χ0v) is 15.7. The molecule has 1 fully saturated rings. The van der Waals surface area contributed by atoms with Gasteiger partial charge in [-0.25, -0.2) is 5.43 Å². The maximum atomic E-state index is 12.0. The number of nitrogens with zero attached hydrogens (tertiary/aromatic N) is 1. The Morgan fingerprint density at radius 3 is 2.12 bits per heavy atom. The largest absolute Gasteiger partial charge is 0.482 e. The summed E-state index contributed by atoms with van der Waals surface area (Å²) in [7, 11) is 0. The first-order valence-electron chi connectivity index (χ1n) is 9.47. The van der Waals surface area contributed by atoms with Crippen LogP contribution in [0.5, 0.6) is 5.75 Å². The monoisotopic (exact) mass is 364 g/mol. The van der Waals surface area contributed by atoms with E-state index in [4.69, 9.17) is 16.3 Å². The molecule has 0 unspecified atom stereocenters. The van der Waals surface area contributed by atoms with Crippen molar-refractivity contribution in [3.8, 4) is 5.75 Å². The van der Waals surface area contributed by atoms with Gasteiger partial charge in [-0.05, 0) is 37.8 Å². The van der Waals surface area contributed by atoms with Gasteiger partial charge >= 0.3 is 0 Å². The Labute approximate surface area is 156 Å². The highest BCUT2D eigenvalue weighted by Crippen LogP contribution is 2.22. The lowest BCUT2D eigenvalue weighted by Gasteiger charge is -2.10. The number of benzene rings is 1. The van der Waals surface area contributed by atoms with Gasteiger partial charge in [-0.15, -0.1) is 0 Å². The molecule has 0 atom stereocenters. The summed E-state index contributed by atoms with van der Waals surface area (Å²) in [5, 5.41) is 4.85. The Hall–Kier alpha value is -1.55. The Bertz CT molecular complexity index is 546. The molecule has 5 heteroatoms. The van der Waals surface area contributed by atoms with Crippen molar-refractivity contribution in [3.05, 3.63) is 29.3 Å². The van der Waals surface area contributed by atoms with Crippen LogP contribution < -0.4 is 10.2 Å². The number of rotatable bonds is 4. The summed E-state index contributed by atoms with van der Waals surface area (Å²) in [4.78, 5) is 12.0. The number of carbonyl (C=O) groups is 1. The molecule has 1 aliphatic carbocycles. The van der Waals surface area contributed by atoms with Crippen molar-refractivity contribution < 1.29 is 9.53 Å². The summed E-state index contributed by atoms with van der Waals surface area (Å²) in [6.45, 7) is -0.0828. The van der Waals surface area contributed by atoms with Crippen LogP contribution in [-0.2, 0) is 4.79 Å². The van der Waals surface area contributed by atoms with Gasteiger partial charge in [0.05, 0.1) is 5.02 Å². The predicted octanol–water partition coefficient (Wildman–Crippen LogP) is 5.50. The molecule has 1 amide bonds. The minimum Gasteiger partial charge on any atom is -0.482 e. The lowest BCUT2D eigenvalue weighted by molar-refractivity contribution is -0.123. The molecule has 2 rings (SSSR count). The fraction of sp³-hybridized carbons (Fsp3) is 0.600. The van der Waals surface area contributed by atoms with E-state index in [1.807, 2.05) is 12.1 Å². The maximum absolute atomic E-state index is 12.0. The van der Waals surface area contributed by atoms with Gasteiger partial charge in [-0.2, -0.15) is 5.10 Å². The van der Waals surface area contributed by atoms with Crippen LogP contribution in [0.4, 0.5) is 0 Å². The molecule has 4 nitrogen and oxygen atoms in total. The fourth-order valence-corrected chi connectivity index (χ4v) is 3.20. The molecule has 138 valence electrons. The number of hydrogen-bond acceptors (Lipinski definition) is 3. The summed E-state index contributed by atoms with van der Waals surface area (Å²) >= 11 is 6.01. The first-order valence-corrected chi connectivity index (χ1v) is 9.85. The van der Waals surface area contributed by atoms with Crippen molar-refractivity contribution in [1.82, 2.24) is 5.43 Å². The highest BCUT2D eigenvalue weighted by Gasteiger charge is 2.07. The average Bonchev–Trinajstić information content (AvgIpc) is 2.60. The lowest BCUT2D eigenvalue weighted by Crippen LogP contribution is -2.26. The molecule has 1 aromatic carbocycles. The highest BCUT2D eigenvalue weighted by atomic mass is 35.5. The summed E-state index contributed by atoms with van der Waals surface area (Å²) in [5.74, 6) is 0.261. The van der Waals surface area contributed by atoms with E-state index in [2.05, 4.69) is 10.5 Å². The maximum Gasteiger partial charge on any atom is 0.277 e. The van der Waals surface area contributed by atoms with Gasteiger partial charge < -0.3 is 4.74 Å². The van der Waals surface area contributed by atoms with Gasteiger partial charge in [0, 0.05) is 5.71 Å². The second-order valence-electron chi connectivity index (χ2n) is 6.61. The van der Waals surface area contributed by atoms with Crippen molar-refractivity contribution in [2.24, 2.45) is 5.10 Å². The molecule has 1 aromatic rings. The molecule has 25 heavy (non-hydrogen) atoms. The van der Waals surface area contributed by atoms with E-state index in [9.17, 15) is 4.79 Å². The Morgan fingerprint density at radius 1 is 0.960 bits per heavy atom. The summed E-state index contributed by atoms with van der Waals surface area (Å²) in [6.07, 6.45) is 13.5. The molecular weight excluding hydrogens is 336 g/mol. The number of ether oxygens (including phenoxy) is 1.